The van der Waals surface area contributed by atoms with Gasteiger partial charge in [0.25, 0.3) is 0 Å². The number of rotatable bonds is 3. The second-order valence-electron chi connectivity index (χ2n) is 4.26. The highest BCUT2D eigenvalue weighted by Gasteiger charge is 2.11. The molecule has 3 rings (SSSR count). The Labute approximate surface area is 110 Å². The molecule has 0 atom stereocenters. The molecule has 2 aromatic carbocycles. The summed E-state index contributed by atoms with van der Waals surface area (Å²) in [7, 11) is 0. The minimum atomic E-state index is 0.532. The van der Waals surface area contributed by atoms with Gasteiger partial charge in [0.05, 0.1) is 6.42 Å². The first-order valence-electron chi connectivity index (χ1n) is 6.04. The highest BCUT2D eigenvalue weighted by molar-refractivity contribution is 5.70. The van der Waals surface area contributed by atoms with Crippen LogP contribution >= 0.6 is 0 Å². The zero-order valence-electron chi connectivity index (χ0n) is 10.3. The molecule has 0 aliphatic heterocycles. The summed E-state index contributed by atoms with van der Waals surface area (Å²) in [5.41, 5.74) is 8.48. The van der Waals surface area contributed by atoms with Crippen LogP contribution in [0, 0.1) is 0 Å². The van der Waals surface area contributed by atoms with E-state index in [1.807, 2.05) is 54.6 Å². The Balaban J connectivity index is 1.86. The van der Waals surface area contributed by atoms with Crippen molar-refractivity contribution in [3.63, 3.8) is 0 Å². The van der Waals surface area contributed by atoms with E-state index in [4.69, 9.17) is 10.3 Å². The van der Waals surface area contributed by atoms with Crippen LogP contribution in [0.15, 0.2) is 59.1 Å². The van der Waals surface area contributed by atoms with Crippen LogP contribution in [0.1, 0.15) is 11.5 Å². The molecule has 94 valence electrons. The maximum atomic E-state index is 5.89. The maximum Gasteiger partial charge on any atom is 0.231 e. The molecular formula is C15H13N3O. The van der Waals surface area contributed by atoms with E-state index in [0.29, 0.717) is 23.8 Å². The fourth-order valence-corrected chi connectivity index (χ4v) is 1.91. The van der Waals surface area contributed by atoms with Crippen LogP contribution < -0.4 is 5.73 Å². The lowest BCUT2D eigenvalue weighted by Gasteiger charge is -1.98. The molecule has 0 saturated heterocycles. The van der Waals surface area contributed by atoms with Crippen LogP contribution in [0.25, 0.3) is 11.4 Å². The van der Waals surface area contributed by atoms with Crippen molar-refractivity contribution in [3.05, 3.63) is 66.1 Å². The maximum absolute atomic E-state index is 5.89. The van der Waals surface area contributed by atoms with Gasteiger partial charge >= 0.3 is 0 Å². The molecule has 2 N–H and O–H groups in total. The average Bonchev–Trinajstić information content (AvgIpc) is 2.89. The molecule has 0 aliphatic rings. The standard InChI is InChI=1S/C15H13N3O/c16-13-9-5-4-8-12(13)15-17-14(19-18-15)10-11-6-2-1-3-7-11/h1-9H,10,16H2. The molecule has 1 aromatic heterocycles. The van der Waals surface area contributed by atoms with E-state index in [-0.39, 0.29) is 0 Å². The second kappa shape index (κ2) is 4.94. The van der Waals surface area contributed by atoms with E-state index in [1.54, 1.807) is 0 Å². The van der Waals surface area contributed by atoms with E-state index in [0.717, 1.165) is 11.1 Å². The Kier molecular flexibility index (Phi) is 2.98. The first-order valence-corrected chi connectivity index (χ1v) is 6.04. The first kappa shape index (κ1) is 11.5. The highest BCUT2D eigenvalue weighted by atomic mass is 16.5. The summed E-state index contributed by atoms with van der Waals surface area (Å²) >= 11 is 0. The number of hydrogen-bond donors (Lipinski definition) is 1. The third kappa shape index (κ3) is 2.47. The number of benzene rings is 2. The number of hydrogen-bond acceptors (Lipinski definition) is 4. The summed E-state index contributed by atoms with van der Waals surface area (Å²) < 4.78 is 5.26. The number of nitrogens with zero attached hydrogens (tertiary/aromatic N) is 2. The highest BCUT2D eigenvalue weighted by Crippen LogP contribution is 2.22. The van der Waals surface area contributed by atoms with Crippen molar-refractivity contribution in [1.29, 1.82) is 0 Å². The number of anilines is 1. The van der Waals surface area contributed by atoms with E-state index >= 15 is 0 Å². The van der Waals surface area contributed by atoms with Crippen LogP contribution in [0.3, 0.4) is 0 Å². The number of nitrogen functional groups attached to an aromatic ring is 1. The fraction of sp³-hybridized carbons (Fsp3) is 0.0667. The summed E-state index contributed by atoms with van der Waals surface area (Å²) in [6, 6.07) is 17.5. The fourth-order valence-electron chi connectivity index (χ4n) is 1.91. The Morgan fingerprint density at radius 1 is 0.947 bits per heavy atom. The van der Waals surface area contributed by atoms with Crippen molar-refractivity contribution in [2.75, 3.05) is 5.73 Å². The lowest BCUT2D eigenvalue weighted by Crippen LogP contribution is -1.91. The predicted octanol–water partition coefficient (Wildman–Crippen LogP) is 2.91. The van der Waals surface area contributed by atoms with Gasteiger partial charge in [-0.15, -0.1) is 0 Å². The summed E-state index contributed by atoms with van der Waals surface area (Å²) in [5.74, 6) is 1.12. The van der Waals surface area contributed by atoms with Gasteiger partial charge in [-0.05, 0) is 17.7 Å². The Hall–Kier alpha value is -2.62. The predicted molar refractivity (Wildman–Crippen MR) is 73.4 cm³/mol. The molecule has 0 spiro atoms. The second-order valence-corrected chi connectivity index (χ2v) is 4.26. The zero-order valence-corrected chi connectivity index (χ0v) is 10.3. The molecule has 0 radical (unpaired) electrons. The van der Waals surface area contributed by atoms with Crippen molar-refractivity contribution in [1.82, 2.24) is 10.1 Å². The third-order valence-electron chi connectivity index (χ3n) is 2.87. The lowest BCUT2D eigenvalue weighted by molar-refractivity contribution is 0.386. The smallest absolute Gasteiger partial charge is 0.231 e. The molecule has 0 fully saturated rings. The monoisotopic (exact) mass is 251 g/mol. The van der Waals surface area contributed by atoms with Crippen molar-refractivity contribution < 1.29 is 4.52 Å². The minimum absolute atomic E-state index is 0.532. The topological polar surface area (TPSA) is 64.9 Å². The van der Waals surface area contributed by atoms with Gasteiger partial charge in [-0.25, -0.2) is 0 Å². The summed E-state index contributed by atoms with van der Waals surface area (Å²) in [4.78, 5) is 4.38. The summed E-state index contributed by atoms with van der Waals surface area (Å²) in [5, 5.41) is 3.98. The van der Waals surface area contributed by atoms with Crippen LogP contribution in [0.5, 0.6) is 0 Å². The lowest BCUT2D eigenvalue weighted by atomic mass is 10.1. The van der Waals surface area contributed by atoms with Gasteiger partial charge in [0, 0.05) is 11.3 Å². The van der Waals surface area contributed by atoms with Gasteiger partial charge in [0.2, 0.25) is 11.7 Å². The minimum Gasteiger partial charge on any atom is -0.398 e. The first-order chi connectivity index (χ1) is 9.33. The molecule has 19 heavy (non-hydrogen) atoms. The SMILES string of the molecule is Nc1ccccc1-c1noc(Cc2ccccc2)n1. The van der Waals surface area contributed by atoms with Crippen LogP contribution in [0.2, 0.25) is 0 Å². The van der Waals surface area contributed by atoms with Crippen molar-refractivity contribution in [3.8, 4) is 11.4 Å². The van der Waals surface area contributed by atoms with Gasteiger partial charge < -0.3 is 10.3 Å². The van der Waals surface area contributed by atoms with E-state index < -0.39 is 0 Å². The van der Waals surface area contributed by atoms with E-state index in [2.05, 4.69) is 10.1 Å². The summed E-state index contributed by atoms with van der Waals surface area (Å²) in [6.07, 6.45) is 0.626. The molecule has 0 amide bonds. The molecule has 0 bridgehead atoms. The molecule has 4 heteroatoms. The Morgan fingerprint density at radius 2 is 1.68 bits per heavy atom. The number of aromatic nitrogens is 2. The molecule has 4 nitrogen and oxygen atoms in total. The van der Waals surface area contributed by atoms with Gasteiger partial charge in [-0.3, -0.25) is 0 Å². The van der Waals surface area contributed by atoms with Crippen molar-refractivity contribution >= 4 is 5.69 Å². The molecule has 0 aliphatic carbocycles. The van der Waals surface area contributed by atoms with Gasteiger partial charge in [-0.2, -0.15) is 4.98 Å². The number of nitrogens with two attached hydrogens (primary N) is 1. The van der Waals surface area contributed by atoms with Crippen molar-refractivity contribution in [2.24, 2.45) is 0 Å². The quantitative estimate of drug-likeness (QED) is 0.727. The van der Waals surface area contributed by atoms with E-state index in [9.17, 15) is 0 Å². The molecule has 0 saturated carbocycles. The molecule has 0 unspecified atom stereocenters. The van der Waals surface area contributed by atoms with Crippen molar-refractivity contribution in [2.45, 2.75) is 6.42 Å². The van der Waals surface area contributed by atoms with Gasteiger partial charge in [0.15, 0.2) is 0 Å². The van der Waals surface area contributed by atoms with Gasteiger partial charge in [-0.1, -0.05) is 47.6 Å². The van der Waals surface area contributed by atoms with Crippen LogP contribution in [-0.4, -0.2) is 10.1 Å². The normalized spacial score (nSPS) is 10.5. The molecular weight excluding hydrogens is 238 g/mol. The molecule has 1 heterocycles. The molecule has 3 aromatic rings. The Morgan fingerprint density at radius 3 is 2.47 bits per heavy atom. The van der Waals surface area contributed by atoms with Crippen LogP contribution in [0.4, 0.5) is 5.69 Å². The number of para-hydroxylation sites is 1. The van der Waals surface area contributed by atoms with Crippen LogP contribution in [-0.2, 0) is 6.42 Å². The van der Waals surface area contributed by atoms with Gasteiger partial charge in [0.1, 0.15) is 0 Å². The summed E-state index contributed by atoms with van der Waals surface area (Å²) in [6.45, 7) is 0. The largest absolute Gasteiger partial charge is 0.398 e. The van der Waals surface area contributed by atoms with E-state index in [1.165, 1.54) is 0 Å². The average molecular weight is 251 g/mol. The zero-order chi connectivity index (χ0) is 13.1. The Bertz CT molecular complexity index is 677. The third-order valence-corrected chi connectivity index (χ3v) is 2.87.